The summed E-state index contributed by atoms with van der Waals surface area (Å²) in [4.78, 5) is 13.5. The van der Waals surface area contributed by atoms with E-state index in [4.69, 9.17) is 5.11 Å². The Morgan fingerprint density at radius 3 is 2.71 bits per heavy atom. The quantitative estimate of drug-likeness (QED) is 0.562. The normalized spacial score (nSPS) is 29.0. The van der Waals surface area contributed by atoms with Crippen molar-refractivity contribution in [1.82, 2.24) is 15.1 Å². The topological polar surface area (TPSA) is 79.2 Å². The third-order valence-corrected chi connectivity index (χ3v) is 7.86. The maximum absolute atomic E-state index is 13.5. The number of fused-ring (bicyclic) bond motifs is 2. The van der Waals surface area contributed by atoms with Crippen LogP contribution in [0.25, 0.3) is 5.69 Å². The van der Waals surface area contributed by atoms with E-state index in [1.807, 2.05) is 35.0 Å². The third kappa shape index (κ3) is 4.10. The van der Waals surface area contributed by atoms with Crippen molar-refractivity contribution in [3.8, 4) is 5.69 Å². The van der Waals surface area contributed by atoms with Gasteiger partial charge in [0, 0.05) is 19.2 Å². The Labute approximate surface area is 184 Å². The highest BCUT2D eigenvalue weighted by Crippen LogP contribution is 2.52. The molecular formula is C25H34N4O2. The minimum atomic E-state index is -0.00786. The number of hydrogen-bond acceptors (Lipinski definition) is 4. The molecule has 6 nitrogen and oxygen atoms in total. The molecule has 5 rings (SSSR count). The summed E-state index contributed by atoms with van der Waals surface area (Å²) in [5.74, 6) is 3.69. The standard InChI is InChI=1S/C25H34N4O2/c30-13-5-4-12-26-24-22(16-27-29(24)20-6-2-1-3-7-20)25(31)28-23-19-11-10-18-9-8-17(14-19)15-21(18)23/h1-3,6-7,16-19,21,23,26,30H,4-5,8-15H2,(H,28,31). The van der Waals surface area contributed by atoms with Crippen LogP contribution in [-0.4, -0.2) is 40.0 Å². The number of nitrogens with zero attached hydrogens (tertiary/aromatic N) is 2. The fraction of sp³-hybridized carbons (Fsp3) is 0.600. The van der Waals surface area contributed by atoms with Crippen LogP contribution in [0, 0.1) is 23.7 Å². The molecule has 1 heterocycles. The zero-order valence-corrected chi connectivity index (χ0v) is 18.2. The lowest BCUT2D eigenvalue weighted by Crippen LogP contribution is -2.55. The molecule has 0 radical (unpaired) electrons. The van der Waals surface area contributed by atoms with Gasteiger partial charge < -0.3 is 15.7 Å². The van der Waals surface area contributed by atoms with Crippen LogP contribution >= 0.6 is 0 Å². The molecule has 0 spiro atoms. The maximum Gasteiger partial charge on any atom is 0.256 e. The monoisotopic (exact) mass is 422 g/mol. The molecular weight excluding hydrogens is 388 g/mol. The number of benzene rings is 1. The first-order valence-electron chi connectivity index (χ1n) is 12.0. The van der Waals surface area contributed by atoms with Crippen molar-refractivity contribution in [3.63, 3.8) is 0 Å². The van der Waals surface area contributed by atoms with E-state index < -0.39 is 0 Å². The van der Waals surface area contributed by atoms with E-state index in [-0.39, 0.29) is 12.5 Å². The molecule has 6 heteroatoms. The summed E-state index contributed by atoms with van der Waals surface area (Å²) in [6.45, 7) is 0.872. The Morgan fingerprint density at radius 2 is 1.87 bits per heavy atom. The summed E-state index contributed by atoms with van der Waals surface area (Å²) < 4.78 is 1.82. The number of nitrogens with one attached hydrogen (secondary N) is 2. The molecule has 5 unspecified atom stereocenters. The maximum atomic E-state index is 13.5. The first-order valence-corrected chi connectivity index (χ1v) is 12.0. The average molecular weight is 423 g/mol. The number of amides is 1. The third-order valence-electron chi connectivity index (χ3n) is 7.86. The van der Waals surface area contributed by atoms with Gasteiger partial charge in [0.1, 0.15) is 11.4 Å². The predicted molar refractivity (Wildman–Crippen MR) is 121 cm³/mol. The smallest absolute Gasteiger partial charge is 0.256 e. The molecule has 1 aromatic heterocycles. The molecule has 1 amide bonds. The number of carbonyl (C=O) groups is 1. The van der Waals surface area contributed by atoms with Crippen LogP contribution in [0.1, 0.15) is 61.7 Å². The van der Waals surface area contributed by atoms with E-state index in [0.29, 0.717) is 30.0 Å². The molecule has 3 bridgehead atoms. The van der Waals surface area contributed by atoms with Crippen molar-refractivity contribution in [2.45, 2.75) is 57.4 Å². The van der Waals surface area contributed by atoms with Gasteiger partial charge in [-0.15, -0.1) is 0 Å². The van der Waals surface area contributed by atoms with E-state index in [1.54, 1.807) is 6.20 Å². The van der Waals surface area contributed by atoms with Crippen LogP contribution < -0.4 is 10.6 Å². The Hall–Kier alpha value is -2.34. The van der Waals surface area contributed by atoms with Gasteiger partial charge in [-0.1, -0.05) is 24.6 Å². The van der Waals surface area contributed by atoms with Crippen LogP contribution in [0.3, 0.4) is 0 Å². The van der Waals surface area contributed by atoms with E-state index in [9.17, 15) is 4.79 Å². The molecule has 31 heavy (non-hydrogen) atoms. The van der Waals surface area contributed by atoms with Gasteiger partial charge in [-0.2, -0.15) is 5.10 Å². The molecule has 166 valence electrons. The largest absolute Gasteiger partial charge is 0.396 e. The second kappa shape index (κ2) is 9.03. The predicted octanol–water partition coefficient (Wildman–Crippen LogP) is 4.00. The Kier molecular flexibility index (Phi) is 5.99. The number of aliphatic hydroxyl groups excluding tert-OH is 1. The molecule has 0 aliphatic heterocycles. The van der Waals surface area contributed by atoms with Crippen molar-refractivity contribution < 1.29 is 9.90 Å². The van der Waals surface area contributed by atoms with E-state index in [0.717, 1.165) is 36.2 Å². The fourth-order valence-corrected chi connectivity index (χ4v) is 6.37. The van der Waals surface area contributed by atoms with Crippen LogP contribution in [0.4, 0.5) is 5.82 Å². The van der Waals surface area contributed by atoms with Gasteiger partial charge in [0.05, 0.1) is 11.9 Å². The van der Waals surface area contributed by atoms with Crippen LogP contribution in [0.15, 0.2) is 36.5 Å². The number of rotatable bonds is 8. The molecule has 3 fully saturated rings. The highest BCUT2D eigenvalue weighted by Gasteiger charge is 2.48. The average Bonchev–Trinajstić information content (AvgIpc) is 3.20. The highest BCUT2D eigenvalue weighted by molar-refractivity contribution is 5.99. The number of anilines is 1. The molecule has 3 N–H and O–H groups in total. The van der Waals surface area contributed by atoms with Crippen molar-refractivity contribution in [2.75, 3.05) is 18.5 Å². The van der Waals surface area contributed by atoms with E-state index >= 15 is 0 Å². The number of carbonyl (C=O) groups excluding carboxylic acids is 1. The number of hydrogen-bond donors (Lipinski definition) is 3. The van der Waals surface area contributed by atoms with Gasteiger partial charge in [0.2, 0.25) is 0 Å². The fourth-order valence-electron chi connectivity index (χ4n) is 6.37. The zero-order chi connectivity index (χ0) is 21.2. The molecule has 3 aliphatic rings. The van der Waals surface area contributed by atoms with Crippen molar-refractivity contribution in [1.29, 1.82) is 0 Å². The minimum Gasteiger partial charge on any atom is -0.396 e. The van der Waals surface area contributed by atoms with Crippen LogP contribution in [0.5, 0.6) is 0 Å². The molecule has 2 aromatic rings. The lowest BCUT2D eigenvalue weighted by molar-refractivity contribution is -0.00279. The van der Waals surface area contributed by atoms with Crippen LogP contribution in [-0.2, 0) is 0 Å². The number of aliphatic hydroxyl groups is 1. The molecule has 0 saturated heterocycles. The number of aromatic nitrogens is 2. The van der Waals surface area contributed by atoms with Crippen LogP contribution in [0.2, 0.25) is 0 Å². The second-order valence-corrected chi connectivity index (χ2v) is 9.69. The van der Waals surface area contributed by atoms with Crippen molar-refractivity contribution in [3.05, 3.63) is 42.1 Å². The van der Waals surface area contributed by atoms with Gasteiger partial charge in [-0.3, -0.25) is 4.79 Å². The van der Waals surface area contributed by atoms with Gasteiger partial charge in [0.15, 0.2) is 0 Å². The Bertz CT molecular complexity index is 892. The zero-order valence-electron chi connectivity index (χ0n) is 18.2. The molecule has 5 atom stereocenters. The first-order chi connectivity index (χ1) is 15.2. The molecule has 3 aliphatic carbocycles. The molecule has 3 saturated carbocycles. The summed E-state index contributed by atoms with van der Waals surface area (Å²) in [5.41, 5.74) is 1.54. The summed E-state index contributed by atoms with van der Waals surface area (Å²) in [6, 6.07) is 10.2. The number of para-hydroxylation sites is 1. The first kappa shape index (κ1) is 20.6. The van der Waals surface area contributed by atoms with Gasteiger partial charge in [-0.05, 0) is 80.8 Å². The van der Waals surface area contributed by atoms with Gasteiger partial charge in [-0.25, -0.2) is 4.68 Å². The Balaban J connectivity index is 1.37. The van der Waals surface area contributed by atoms with Crippen molar-refractivity contribution in [2.24, 2.45) is 23.7 Å². The second-order valence-electron chi connectivity index (χ2n) is 9.69. The summed E-state index contributed by atoms with van der Waals surface area (Å²) >= 11 is 0. The molecule has 1 aromatic carbocycles. The summed E-state index contributed by atoms with van der Waals surface area (Å²) in [5, 5.41) is 20.5. The van der Waals surface area contributed by atoms with Crippen molar-refractivity contribution >= 4 is 11.7 Å². The highest BCUT2D eigenvalue weighted by atomic mass is 16.2. The summed E-state index contributed by atoms with van der Waals surface area (Å²) in [6.07, 6.45) is 11.2. The SMILES string of the molecule is O=C(NC1C2CCC3CCC(C2)CC31)c1cnn(-c2ccccc2)c1NCCCCO. The van der Waals surface area contributed by atoms with E-state index in [2.05, 4.69) is 15.7 Å². The minimum absolute atomic E-state index is 0.00786. The Morgan fingerprint density at radius 1 is 1.06 bits per heavy atom. The van der Waals surface area contributed by atoms with Gasteiger partial charge in [0.25, 0.3) is 5.91 Å². The summed E-state index contributed by atoms with van der Waals surface area (Å²) in [7, 11) is 0. The van der Waals surface area contributed by atoms with Gasteiger partial charge >= 0.3 is 0 Å². The number of unbranched alkanes of at least 4 members (excludes halogenated alkanes) is 1. The van der Waals surface area contributed by atoms with E-state index in [1.165, 1.54) is 38.5 Å². The lowest BCUT2D eigenvalue weighted by Gasteiger charge is -2.53. The lowest BCUT2D eigenvalue weighted by atomic mass is 9.55.